The molecule has 1 aliphatic heterocycles. The largest absolute Gasteiger partial charge is 0.374 e. The molecule has 1 saturated heterocycles. The van der Waals surface area contributed by atoms with Crippen LogP contribution in [0.2, 0.25) is 0 Å². The average Bonchev–Trinajstić information content (AvgIpc) is 2.74. The summed E-state index contributed by atoms with van der Waals surface area (Å²) in [5, 5.41) is 6.79. The van der Waals surface area contributed by atoms with Gasteiger partial charge in [0.25, 0.3) is 0 Å². The molecule has 0 aromatic heterocycles. The number of nitrogens with one attached hydrogen (secondary N) is 2. The third kappa shape index (κ3) is 9.61. The Morgan fingerprint density at radius 2 is 1.83 bits per heavy atom. The van der Waals surface area contributed by atoms with E-state index in [0.717, 1.165) is 45.2 Å². The van der Waals surface area contributed by atoms with Crippen molar-refractivity contribution < 1.29 is 4.74 Å². The highest BCUT2D eigenvalue weighted by atomic mass is 16.5. The second-order valence-corrected chi connectivity index (χ2v) is 8.13. The van der Waals surface area contributed by atoms with Crippen molar-refractivity contribution in [2.45, 2.75) is 33.3 Å². The van der Waals surface area contributed by atoms with Gasteiger partial charge in [0.2, 0.25) is 0 Å². The summed E-state index contributed by atoms with van der Waals surface area (Å²) in [4.78, 5) is 9.75. The molecular weight excluding hydrogens is 362 g/mol. The lowest BCUT2D eigenvalue weighted by Crippen LogP contribution is -2.46. The zero-order chi connectivity index (χ0) is 20.9. The number of hydrogen-bond acceptors (Lipinski definition) is 4. The van der Waals surface area contributed by atoms with Gasteiger partial charge in [-0.15, -0.1) is 0 Å². The zero-order valence-electron chi connectivity index (χ0n) is 18.9. The Labute approximate surface area is 177 Å². The van der Waals surface area contributed by atoms with Crippen molar-refractivity contribution in [2.75, 3.05) is 66.0 Å². The van der Waals surface area contributed by atoms with E-state index in [4.69, 9.17) is 9.73 Å². The van der Waals surface area contributed by atoms with E-state index in [2.05, 4.69) is 72.5 Å². The number of piperazine rings is 1. The van der Waals surface area contributed by atoms with Crippen LogP contribution in [0.1, 0.15) is 38.9 Å². The minimum Gasteiger partial charge on any atom is -0.374 e. The molecule has 29 heavy (non-hydrogen) atoms. The summed E-state index contributed by atoms with van der Waals surface area (Å²) in [6.45, 7) is 15.6. The Morgan fingerprint density at radius 3 is 2.52 bits per heavy atom. The molecule has 0 spiro atoms. The van der Waals surface area contributed by atoms with Crippen LogP contribution in [0, 0.1) is 5.92 Å². The molecule has 1 aliphatic rings. The molecule has 2 rings (SSSR count). The van der Waals surface area contributed by atoms with Gasteiger partial charge in [-0.1, -0.05) is 37.3 Å². The van der Waals surface area contributed by atoms with Crippen molar-refractivity contribution in [3.63, 3.8) is 0 Å². The summed E-state index contributed by atoms with van der Waals surface area (Å²) >= 11 is 0. The van der Waals surface area contributed by atoms with Crippen molar-refractivity contribution in [2.24, 2.45) is 10.9 Å². The van der Waals surface area contributed by atoms with Crippen LogP contribution in [0.4, 0.5) is 0 Å². The first-order chi connectivity index (χ1) is 14.1. The van der Waals surface area contributed by atoms with E-state index in [-0.39, 0.29) is 6.10 Å². The molecule has 0 amide bonds. The Balaban J connectivity index is 1.63. The van der Waals surface area contributed by atoms with Gasteiger partial charge in [-0.3, -0.25) is 4.99 Å². The minimum atomic E-state index is 0.133. The van der Waals surface area contributed by atoms with Gasteiger partial charge in [0.15, 0.2) is 5.96 Å². The number of hydrogen-bond donors (Lipinski definition) is 2. The Bertz CT molecular complexity index is 572. The Kier molecular flexibility index (Phi) is 11.1. The number of aliphatic imine (C=N–C) groups is 1. The molecular formula is C23H41N5O. The number of benzene rings is 1. The van der Waals surface area contributed by atoms with Gasteiger partial charge < -0.3 is 25.2 Å². The summed E-state index contributed by atoms with van der Waals surface area (Å²) in [6, 6.07) is 10.4. The normalized spacial score (nSPS) is 18.4. The second kappa shape index (κ2) is 13.6. The number of rotatable bonds is 11. The predicted molar refractivity (Wildman–Crippen MR) is 123 cm³/mol. The summed E-state index contributed by atoms with van der Waals surface area (Å²) in [5.41, 5.74) is 1.23. The molecule has 1 aromatic rings. The van der Waals surface area contributed by atoms with Gasteiger partial charge in [-0.05, 0) is 38.8 Å². The molecule has 0 saturated carbocycles. The van der Waals surface area contributed by atoms with Gasteiger partial charge in [0.1, 0.15) is 0 Å². The first kappa shape index (κ1) is 23.6. The molecule has 1 heterocycles. The minimum absolute atomic E-state index is 0.133. The lowest BCUT2D eigenvalue weighted by atomic mass is 10.1. The van der Waals surface area contributed by atoms with Gasteiger partial charge in [0.05, 0.1) is 6.10 Å². The lowest BCUT2D eigenvalue weighted by molar-refractivity contribution is 0.0646. The van der Waals surface area contributed by atoms with E-state index >= 15 is 0 Å². The molecule has 0 bridgehead atoms. The van der Waals surface area contributed by atoms with Crippen molar-refractivity contribution in [3.05, 3.63) is 35.9 Å². The molecule has 6 nitrogen and oxygen atoms in total. The summed E-state index contributed by atoms with van der Waals surface area (Å²) in [5.74, 6) is 1.47. The first-order valence-corrected chi connectivity index (χ1v) is 11.2. The molecule has 6 heteroatoms. The molecule has 164 valence electrons. The molecule has 1 fully saturated rings. The van der Waals surface area contributed by atoms with Crippen molar-refractivity contribution in [1.29, 1.82) is 0 Å². The maximum atomic E-state index is 5.95. The van der Waals surface area contributed by atoms with E-state index in [0.29, 0.717) is 5.92 Å². The van der Waals surface area contributed by atoms with Crippen molar-refractivity contribution in [1.82, 2.24) is 20.4 Å². The van der Waals surface area contributed by atoms with Crippen molar-refractivity contribution in [3.8, 4) is 0 Å². The molecule has 2 N–H and O–H groups in total. The third-order valence-corrected chi connectivity index (χ3v) is 5.32. The molecule has 1 aromatic carbocycles. The van der Waals surface area contributed by atoms with Crippen LogP contribution in [0.3, 0.4) is 0 Å². The molecule has 2 atom stereocenters. The highest BCUT2D eigenvalue weighted by Crippen LogP contribution is 2.15. The Hall–Kier alpha value is -1.63. The molecule has 2 unspecified atom stereocenters. The fourth-order valence-corrected chi connectivity index (χ4v) is 3.48. The van der Waals surface area contributed by atoms with E-state index in [1.165, 1.54) is 31.7 Å². The van der Waals surface area contributed by atoms with Crippen molar-refractivity contribution >= 4 is 5.96 Å². The third-order valence-electron chi connectivity index (χ3n) is 5.32. The first-order valence-electron chi connectivity index (χ1n) is 11.2. The van der Waals surface area contributed by atoms with Crippen LogP contribution in [0.15, 0.2) is 35.3 Å². The van der Waals surface area contributed by atoms with Crippen LogP contribution in [0.25, 0.3) is 0 Å². The fourth-order valence-electron chi connectivity index (χ4n) is 3.48. The lowest BCUT2D eigenvalue weighted by Gasteiger charge is -2.33. The summed E-state index contributed by atoms with van der Waals surface area (Å²) in [7, 11) is 2.20. The average molecular weight is 404 g/mol. The number of nitrogens with zero attached hydrogens (tertiary/aromatic N) is 3. The van der Waals surface area contributed by atoms with E-state index < -0.39 is 0 Å². The predicted octanol–water partition coefficient (Wildman–Crippen LogP) is 2.59. The smallest absolute Gasteiger partial charge is 0.191 e. The van der Waals surface area contributed by atoms with Gasteiger partial charge >= 0.3 is 0 Å². The van der Waals surface area contributed by atoms with Crippen LogP contribution < -0.4 is 10.6 Å². The standard InChI is InChI=1S/C23H41N5O/c1-5-24-23(26-18-20(2)19-28-15-13-27(4)14-16-28)25-12-9-17-29-21(3)22-10-7-6-8-11-22/h6-8,10-11,20-21H,5,9,12-19H2,1-4H3,(H2,24,25,26). The summed E-state index contributed by atoms with van der Waals surface area (Å²) in [6.07, 6.45) is 1.09. The van der Waals surface area contributed by atoms with E-state index in [1.807, 2.05) is 6.07 Å². The fraction of sp³-hybridized carbons (Fsp3) is 0.696. The quantitative estimate of drug-likeness (QED) is 0.338. The highest BCUT2D eigenvalue weighted by Gasteiger charge is 2.16. The molecule has 0 radical (unpaired) electrons. The molecule has 0 aliphatic carbocycles. The maximum Gasteiger partial charge on any atom is 0.191 e. The van der Waals surface area contributed by atoms with Crippen LogP contribution in [-0.2, 0) is 4.74 Å². The van der Waals surface area contributed by atoms with E-state index in [9.17, 15) is 0 Å². The Morgan fingerprint density at radius 1 is 1.10 bits per heavy atom. The maximum absolute atomic E-state index is 5.95. The van der Waals surface area contributed by atoms with Gasteiger partial charge in [-0.2, -0.15) is 0 Å². The summed E-state index contributed by atoms with van der Waals surface area (Å²) < 4.78 is 5.95. The van der Waals surface area contributed by atoms with E-state index in [1.54, 1.807) is 0 Å². The SMILES string of the molecule is CCNC(=NCC(C)CN1CCN(C)CC1)NCCCOC(C)c1ccccc1. The van der Waals surface area contributed by atoms with Crippen LogP contribution in [0.5, 0.6) is 0 Å². The van der Waals surface area contributed by atoms with Crippen LogP contribution in [-0.4, -0.2) is 81.8 Å². The van der Waals surface area contributed by atoms with Crippen LogP contribution >= 0.6 is 0 Å². The van der Waals surface area contributed by atoms with Gasteiger partial charge in [0, 0.05) is 59.0 Å². The monoisotopic (exact) mass is 403 g/mol. The number of likely N-dealkylation sites (N-methyl/N-ethyl adjacent to an activating group) is 1. The van der Waals surface area contributed by atoms with Gasteiger partial charge in [-0.25, -0.2) is 0 Å². The zero-order valence-corrected chi connectivity index (χ0v) is 18.9. The topological polar surface area (TPSA) is 52.1 Å². The highest BCUT2D eigenvalue weighted by molar-refractivity contribution is 5.79. The number of ether oxygens (including phenoxy) is 1. The second-order valence-electron chi connectivity index (χ2n) is 8.13. The number of guanidine groups is 1.